The molecule has 0 aliphatic rings. The van der Waals surface area contributed by atoms with Crippen molar-refractivity contribution in [1.82, 2.24) is 0 Å². The zero-order chi connectivity index (χ0) is 15.6. The summed E-state index contributed by atoms with van der Waals surface area (Å²) in [5.41, 5.74) is 0.325. The van der Waals surface area contributed by atoms with Crippen molar-refractivity contribution in [3.8, 4) is 11.5 Å². The van der Waals surface area contributed by atoms with E-state index in [9.17, 15) is 8.42 Å². The molecule has 1 N–H and O–H groups in total. The van der Waals surface area contributed by atoms with E-state index in [2.05, 4.69) is 4.72 Å². The topological polar surface area (TPSA) is 64.6 Å². The van der Waals surface area contributed by atoms with Gasteiger partial charge in [-0.1, -0.05) is 23.2 Å². The van der Waals surface area contributed by atoms with Gasteiger partial charge in [0.1, 0.15) is 9.23 Å². The van der Waals surface area contributed by atoms with Gasteiger partial charge < -0.3 is 9.47 Å². The second-order valence-electron chi connectivity index (χ2n) is 3.86. The highest BCUT2D eigenvalue weighted by atomic mass is 35.5. The van der Waals surface area contributed by atoms with Crippen LogP contribution in [0.3, 0.4) is 0 Å². The van der Waals surface area contributed by atoms with Crippen LogP contribution in [0.5, 0.6) is 11.5 Å². The maximum Gasteiger partial charge on any atom is 0.264 e. The summed E-state index contributed by atoms with van der Waals surface area (Å²) in [4.78, 5) is -0.0612. The highest BCUT2D eigenvalue weighted by Gasteiger charge is 2.21. The molecule has 0 bridgehead atoms. The van der Waals surface area contributed by atoms with Crippen molar-refractivity contribution in [3.05, 3.63) is 32.9 Å². The number of ether oxygens (including phenoxy) is 2. The number of methoxy groups -OCH3 is 2. The van der Waals surface area contributed by atoms with Crippen LogP contribution >= 0.6 is 34.5 Å². The van der Waals surface area contributed by atoms with Gasteiger partial charge in [-0.05, 0) is 18.2 Å². The number of anilines is 1. The fourth-order valence-corrected chi connectivity index (χ4v) is 4.82. The third-order valence-corrected chi connectivity index (χ3v) is 5.68. The van der Waals surface area contributed by atoms with Crippen LogP contribution < -0.4 is 14.2 Å². The molecule has 9 heteroatoms. The predicted octanol–water partition coefficient (Wildman–Crippen LogP) is 3.87. The molecular weight excluding hydrogens is 357 g/mol. The number of rotatable bonds is 5. The first-order valence-corrected chi connectivity index (χ1v) is 8.62. The molecule has 0 aliphatic heterocycles. The lowest BCUT2D eigenvalue weighted by Gasteiger charge is -2.11. The predicted molar refractivity (Wildman–Crippen MR) is 84.7 cm³/mol. The number of halogens is 2. The molecule has 1 aromatic heterocycles. The van der Waals surface area contributed by atoms with E-state index in [0.29, 0.717) is 21.5 Å². The lowest BCUT2D eigenvalue weighted by molar-refractivity contribution is 0.355. The second kappa shape index (κ2) is 6.31. The maximum absolute atomic E-state index is 12.3. The molecule has 0 saturated heterocycles. The first-order valence-electron chi connectivity index (χ1n) is 5.57. The van der Waals surface area contributed by atoms with Gasteiger partial charge in [-0.2, -0.15) is 0 Å². The zero-order valence-electron chi connectivity index (χ0n) is 11.0. The van der Waals surface area contributed by atoms with E-state index < -0.39 is 10.0 Å². The molecule has 1 aromatic carbocycles. The Balaban J connectivity index is 2.35. The molecule has 2 rings (SSSR count). The van der Waals surface area contributed by atoms with Gasteiger partial charge in [0.2, 0.25) is 0 Å². The largest absolute Gasteiger partial charge is 0.493 e. The van der Waals surface area contributed by atoms with Crippen LogP contribution in [0.15, 0.2) is 29.2 Å². The minimum atomic E-state index is -3.82. The van der Waals surface area contributed by atoms with Crippen LogP contribution in [0.4, 0.5) is 5.69 Å². The number of sulfonamides is 1. The first kappa shape index (κ1) is 16.2. The van der Waals surface area contributed by atoms with E-state index >= 15 is 0 Å². The van der Waals surface area contributed by atoms with Gasteiger partial charge in [0.15, 0.2) is 11.5 Å². The quantitative estimate of drug-likeness (QED) is 0.870. The van der Waals surface area contributed by atoms with Crippen LogP contribution in [-0.4, -0.2) is 22.6 Å². The Morgan fingerprint density at radius 3 is 2.29 bits per heavy atom. The molecule has 2 aromatic rings. The summed E-state index contributed by atoms with van der Waals surface area (Å²) >= 11 is 12.6. The summed E-state index contributed by atoms with van der Waals surface area (Å²) in [6.07, 6.45) is 0. The summed E-state index contributed by atoms with van der Waals surface area (Å²) in [7, 11) is -0.861. The fourth-order valence-electron chi connectivity index (χ4n) is 1.62. The van der Waals surface area contributed by atoms with Gasteiger partial charge in [0.05, 0.1) is 24.2 Å². The first-order chi connectivity index (χ1) is 9.87. The van der Waals surface area contributed by atoms with Crippen LogP contribution in [0.2, 0.25) is 8.67 Å². The third kappa shape index (κ3) is 3.55. The molecular formula is C12H11Cl2NO4S2. The van der Waals surface area contributed by atoms with E-state index in [1.54, 1.807) is 12.1 Å². The molecule has 0 saturated carbocycles. The number of hydrogen-bond donors (Lipinski definition) is 1. The van der Waals surface area contributed by atoms with E-state index in [4.69, 9.17) is 32.7 Å². The monoisotopic (exact) mass is 367 g/mol. The average Bonchev–Trinajstić information content (AvgIpc) is 2.78. The standard InChI is InChI=1S/C12H11Cl2NO4S2/c1-18-8-4-3-7(5-9(8)19-2)15-21(16,17)10-6-11(13)20-12(10)14/h3-6,15H,1-2H3. The Hall–Kier alpha value is -1.15. The summed E-state index contributed by atoms with van der Waals surface area (Å²) in [5.74, 6) is 0.907. The SMILES string of the molecule is COc1ccc(NS(=O)(=O)c2cc(Cl)sc2Cl)cc1OC. The molecule has 0 amide bonds. The van der Waals surface area contributed by atoms with E-state index in [-0.39, 0.29) is 9.23 Å². The summed E-state index contributed by atoms with van der Waals surface area (Å²) in [6.45, 7) is 0. The summed E-state index contributed by atoms with van der Waals surface area (Å²) < 4.78 is 37.6. The molecule has 5 nitrogen and oxygen atoms in total. The fraction of sp³-hybridized carbons (Fsp3) is 0.167. The van der Waals surface area contributed by atoms with Gasteiger partial charge in [-0.15, -0.1) is 11.3 Å². The van der Waals surface area contributed by atoms with Gasteiger partial charge >= 0.3 is 0 Å². The minimum absolute atomic E-state index is 0.0612. The van der Waals surface area contributed by atoms with Crippen LogP contribution in [-0.2, 0) is 10.0 Å². The van der Waals surface area contributed by atoms with Crippen molar-refractivity contribution < 1.29 is 17.9 Å². The van der Waals surface area contributed by atoms with Gasteiger partial charge in [0, 0.05) is 6.07 Å². The second-order valence-corrected chi connectivity index (χ2v) is 7.80. The lowest BCUT2D eigenvalue weighted by atomic mass is 10.3. The molecule has 0 unspecified atom stereocenters. The molecule has 0 spiro atoms. The van der Waals surface area contributed by atoms with Crippen LogP contribution in [0.1, 0.15) is 0 Å². The number of thiophene rings is 1. The molecule has 0 aliphatic carbocycles. The Labute approximate surface area is 136 Å². The molecule has 0 radical (unpaired) electrons. The van der Waals surface area contributed by atoms with Gasteiger partial charge in [-0.25, -0.2) is 8.42 Å². The van der Waals surface area contributed by atoms with Gasteiger partial charge in [-0.3, -0.25) is 4.72 Å². The Bertz CT molecular complexity index is 759. The van der Waals surface area contributed by atoms with Crippen LogP contribution in [0.25, 0.3) is 0 Å². The van der Waals surface area contributed by atoms with Crippen molar-refractivity contribution in [2.45, 2.75) is 4.90 Å². The smallest absolute Gasteiger partial charge is 0.264 e. The van der Waals surface area contributed by atoms with Crippen molar-refractivity contribution >= 4 is 50.2 Å². The Morgan fingerprint density at radius 1 is 1.10 bits per heavy atom. The van der Waals surface area contributed by atoms with E-state index in [1.165, 1.54) is 26.4 Å². The molecule has 1 heterocycles. The van der Waals surface area contributed by atoms with Crippen LogP contribution in [0, 0.1) is 0 Å². The molecule has 0 atom stereocenters. The van der Waals surface area contributed by atoms with Crippen molar-refractivity contribution in [1.29, 1.82) is 0 Å². The zero-order valence-corrected chi connectivity index (χ0v) is 14.2. The van der Waals surface area contributed by atoms with Crippen molar-refractivity contribution in [2.75, 3.05) is 18.9 Å². The third-order valence-electron chi connectivity index (χ3n) is 2.55. The molecule has 21 heavy (non-hydrogen) atoms. The average molecular weight is 368 g/mol. The molecule has 114 valence electrons. The Kier molecular flexibility index (Phi) is 4.88. The maximum atomic E-state index is 12.3. The number of hydrogen-bond acceptors (Lipinski definition) is 5. The van der Waals surface area contributed by atoms with Gasteiger partial charge in [0.25, 0.3) is 10.0 Å². The molecule has 0 fully saturated rings. The highest BCUT2D eigenvalue weighted by Crippen LogP contribution is 2.36. The summed E-state index contributed by atoms with van der Waals surface area (Å²) in [6, 6.07) is 5.97. The van der Waals surface area contributed by atoms with Crippen molar-refractivity contribution in [2.24, 2.45) is 0 Å². The summed E-state index contributed by atoms with van der Waals surface area (Å²) in [5, 5.41) is 0. The Morgan fingerprint density at radius 2 is 1.76 bits per heavy atom. The normalized spacial score (nSPS) is 11.2. The highest BCUT2D eigenvalue weighted by molar-refractivity contribution is 7.93. The number of benzene rings is 1. The van der Waals surface area contributed by atoms with E-state index in [1.807, 2.05) is 0 Å². The lowest BCUT2D eigenvalue weighted by Crippen LogP contribution is -2.12. The number of nitrogens with one attached hydrogen (secondary N) is 1. The van der Waals surface area contributed by atoms with Crippen molar-refractivity contribution in [3.63, 3.8) is 0 Å². The minimum Gasteiger partial charge on any atom is -0.493 e. The van der Waals surface area contributed by atoms with E-state index in [0.717, 1.165) is 11.3 Å².